The van der Waals surface area contributed by atoms with E-state index in [1.165, 1.54) is 42.5 Å². The molecule has 2 aromatic heterocycles. The van der Waals surface area contributed by atoms with Gasteiger partial charge in [0.25, 0.3) is 0 Å². The minimum atomic E-state index is -4.90. The van der Waals surface area contributed by atoms with Gasteiger partial charge in [0, 0.05) is 29.4 Å². The van der Waals surface area contributed by atoms with Crippen molar-refractivity contribution in [2.45, 2.75) is 41.3 Å². The van der Waals surface area contributed by atoms with Crippen LogP contribution in [0.15, 0.2) is 64.6 Å². The van der Waals surface area contributed by atoms with Crippen LogP contribution in [0, 0.1) is 17.8 Å². The third kappa shape index (κ3) is 4.62. The van der Waals surface area contributed by atoms with Gasteiger partial charge in [-0.3, -0.25) is 4.98 Å². The van der Waals surface area contributed by atoms with Crippen LogP contribution in [0.4, 0.5) is 19.0 Å². The maximum absolute atomic E-state index is 13.3. The molecule has 1 saturated carbocycles. The molecule has 3 aromatic rings. The summed E-state index contributed by atoms with van der Waals surface area (Å²) in [6.07, 6.45) is -0.943. The Balaban J connectivity index is 1.74. The predicted molar refractivity (Wildman–Crippen MR) is 119 cm³/mol. The van der Waals surface area contributed by atoms with E-state index in [9.17, 15) is 26.7 Å². The highest BCUT2D eigenvalue weighted by molar-refractivity contribution is 7.91. The third-order valence-corrected chi connectivity index (χ3v) is 7.25. The second kappa shape index (κ2) is 8.42. The Hall–Kier alpha value is -3.42. The van der Waals surface area contributed by atoms with Crippen LogP contribution in [-0.2, 0) is 15.4 Å². The van der Waals surface area contributed by atoms with Crippen LogP contribution >= 0.6 is 0 Å². The van der Waals surface area contributed by atoms with E-state index in [2.05, 4.69) is 21.8 Å². The Morgan fingerprint density at radius 1 is 1.03 bits per heavy atom. The summed E-state index contributed by atoms with van der Waals surface area (Å²) in [7, 11) is -3.84. The number of aliphatic hydroxyl groups is 1. The molecule has 34 heavy (non-hydrogen) atoms. The van der Waals surface area contributed by atoms with Gasteiger partial charge in [-0.25, -0.2) is 13.4 Å². The fraction of sp³-hybridized carbons (Fsp3) is 0.250. The molecule has 2 heterocycles. The molecule has 1 aliphatic rings. The van der Waals surface area contributed by atoms with Gasteiger partial charge in [-0.15, -0.1) is 0 Å². The normalized spacial score (nSPS) is 15.8. The predicted octanol–water partition coefficient (Wildman–Crippen LogP) is 4.09. The van der Waals surface area contributed by atoms with Crippen molar-refractivity contribution in [3.05, 3.63) is 66.0 Å². The van der Waals surface area contributed by atoms with Crippen molar-refractivity contribution < 1.29 is 26.7 Å². The standard InChI is InChI=1S/C24H20F3N3O3S/c1-23(31,24(25,26)27)18-12-17(5-4-15-2-3-15)22(30-13-18)16-6-8-19(9-7-16)34(32,33)20-10-11-21(28)29-14-20/h6-15,31H,2-3H2,1H3,(H2,28,29). The number of nitrogens with two attached hydrogens (primary N) is 1. The summed E-state index contributed by atoms with van der Waals surface area (Å²) < 4.78 is 65.7. The summed E-state index contributed by atoms with van der Waals surface area (Å²) in [6.45, 7) is 0.660. The van der Waals surface area contributed by atoms with Gasteiger partial charge in [-0.1, -0.05) is 24.0 Å². The van der Waals surface area contributed by atoms with Crippen LogP contribution in [0.25, 0.3) is 11.3 Å². The largest absolute Gasteiger partial charge is 0.421 e. The van der Waals surface area contributed by atoms with Gasteiger partial charge in [0.05, 0.1) is 21.0 Å². The second-order valence-electron chi connectivity index (χ2n) is 8.18. The molecule has 10 heteroatoms. The lowest BCUT2D eigenvalue weighted by Gasteiger charge is -2.26. The molecule has 0 radical (unpaired) electrons. The molecule has 6 nitrogen and oxygen atoms in total. The van der Waals surface area contributed by atoms with E-state index in [4.69, 9.17) is 5.73 Å². The van der Waals surface area contributed by atoms with Crippen molar-refractivity contribution in [3.8, 4) is 23.1 Å². The van der Waals surface area contributed by atoms with E-state index in [-0.39, 0.29) is 32.8 Å². The number of anilines is 1. The van der Waals surface area contributed by atoms with E-state index >= 15 is 0 Å². The number of nitrogen functional groups attached to an aromatic ring is 1. The number of hydrogen-bond acceptors (Lipinski definition) is 6. The zero-order valence-electron chi connectivity index (χ0n) is 18.0. The Morgan fingerprint density at radius 3 is 2.24 bits per heavy atom. The first-order chi connectivity index (χ1) is 15.9. The summed E-state index contributed by atoms with van der Waals surface area (Å²) in [4.78, 5) is 7.94. The van der Waals surface area contributed by atoms with Crippen molar-refractivity contribution in [3.63, 3.8) is 0 Å². The van der Waals surface area contributed by atoms with Crippen LogP contribution in [0.3, 0.4) is 0 Å². The Bertz CT molecular complexity index is 1390. The molecule has 1 atom stereocenters. The van der Waals surface area contributed by atoms with Crippen molar-refractivity contribution in [1.82, 2.24) is 9.97 Å². The van der Waals surface area contributed by atoms with Gasteiger partial charge >= 0.3 is 6.18 Å². The Kier molecular flexibility index (Phi) is 5.87. The first-order valence-corrected chi connectivity index (χ1v) is 11.8. The van der Waals surface area contributed by atoms with Crippen LogP contribution < -0.4 is 5.73 Å². The fourth-order valence-corrected chi connectivity index (χ4v) is 4.31. The van der Waals surface area contributed by atoms with Crippen molar-refractivity contribution >= 4 is 15.7 Å². The molecular formula is C24H20F3N3O3S. The SMILES string of the molecule is CC(O)(c1cnc(-c2ccc(S(=O)(=O)c3ccc(N)nc3)cc2)c(C#CC2CC2)c1)C(F)(F)F. The van der Waals surface area contributed by atoms with Gasteiger partial charge in [0.15, 0.2) is 5.60 Å². The van der Waals surface area contributed by atoms with Crippen LogP contribution in [0.5, 0.6) is 0 Å². The van der Waals surface area contributed by atoms with Gasteiger partial charge < -0.3 is 10.8 Å². The molecule has 1 unspecified atom stereocenters. The highest BCUT2D eigenvalue weighted by atomic mass is 32.2. The Morgan fingerprint density at radius 2 is 1.68 bits per heavy atom. The first kappa shape index (κ1) is 23.7. The van der Waals surface area contributed by atoms with E-state index in [0.29, 0.717) is 12.5 Å². The zero-order valence-corrected chi connectivity index (χ0v) is 18.8. The number of hydrogen-bond donors (Lipinski definition) is 2. The molecule has 1 aromatic carbocycles. The van der Waals surface area contributed by atoms with E-state index in [0.717, 1.165) is 25.2 Å². The quantitative estimate of drug-likeness (QED) is 0.537. The monoisotopic (exact) mass is 487 g/mol. The number of benzene rings is 1. The molecular weight excluding hydrogens is 467 g/mol. The lowest BCUT2D eigenvalue weighted by molar-refractivity contribution is -0.259. The second-order valence-corrected chi connectivity index (χ2v) is 10.1. The van der Waals surface area contributed by atoms with Gasteiger partial charge in [-0.2, -0.15) is 13.2 Å². The molecule has 0 spiro atoms. The third-order valence-electron chi connectivity index (χ3n) is 5.50. The Labute approximate surface area is 194 Å². The molecule has 3 N–H and O–H groups in total. The maximum atomic E-state index is 13.3. The van der Waals surface area contributed by atoms with Gasteiger partial charge in [0.1, 0.15) is 5.82 Å². The highest BCUT2D eigenvalue weighted by Gasteiger charge is 2.51. The molecule has 0 saturated heterocycles. The van der Waals surface area contributed by atoms with Crippen LogP contribution in [0.1, 0.15) is 30.9 Å². The summed E-state index contributed by atoms with van der Waals surface area (Å²) in [6, 6.07) is 9.67. The number of halogens is 3. The van der Waals surface area contributed by atoms with Gasteiger partial charge in [0.2, 0.25) is 9.84 Å². The van der Waals surface area contributed by atoms with E-state index < -0.39 is 27.2 Å². The smallest absolute Gasteiger partial charge is 0.384 e. The number of sulfone groups is 1. The van der Waals surface area contributed by atoms with E-state index in [1.807, 2.05) is 0 Å². The number of aromatic nitrogens is 2. The fourth-order valence-electron chi connectivity index (χ4n) is 3.11. The number of nitrogens with zero attached hydrogens (tertiary/aromatic N) is 2. The average Bonchev–Trinajstić information content (AvgIpc) is 3.62. The number of alkyl halides is 3. The molecule has 0 bridgehead atoms. The maximum Gasteiger partial charge on any atom is 0.421 e. The zero-order chi connectivity index (χ0) is 24.7. The lowest BCUT2D eigenvalue weighted by Crippen LogP contribution is -2.39. The molecule has 0 aliphatic heterocycles. The van der Waals surface area contributed by atoms with Crippen LogP contribution in [-0.4, -0.2) is 29.7 Å². The average molecular weight is 488 g/mol. The first-order valence-electron chi connectivity index (χ1n) is 10.3. The van der Waals surface area contributed by atoms with Crippen molar-refractivity contribution in [1.29, 1.82) is 0 Å². The number of rotatable bonds is 4. The summed E-state index contributed by atoms with van der Waals surface area (Å²) in [5, 5.41) is 10.1. The van der Waals surface area contributed by atoms with Gasteiger partial charge in [-0.05, 0) is 50.1 Å². The lowest BCUT2D eigenvalue weighted by atomic mass is 9.94. The molecule has 1 fully saturated rings. The number of pyridine rings is 2. The molecule has 1 aliphatic carbocycles. The minimum absolute atomic E-state index is 0.00469. The summed E-state index contributed by atoms with van der Waals surface area (Å²) in [5.74, 6) is 6.25. The van der Waals surface area contributed by atoms with Crippen LogP contribution in [0.2, 0.25) is 0 Å². The molecule has 0 amide bonds. The minimum Gasteiger partial charge on any atom is -0.384 e. The summed E-state index contributed by atoms with van der Waals surface area (Å²) >= 11 is 0. The van der Waals surface area contributed by atoms with E-state index in [1.54, 1.807) is 0 Å². The highest BCUT2D eigenvalue weighted by Crippen LogP contribution is 2.39. The topological polar surface area (TPSA) is 106 Å². The molecule has 4 rings (SSSR count). The summed E-state index contributed by atoms with van der Waals surface area (Å²) in [5.41, 5.74) is 2.95. The molecule has 176 valence electrons. The van der Waals surface area contributed by atoms with Crippen molar-refractivity contribution in [2.24, 2.45) is 5.92 Å². The van der Waals surface area contributed by atoms with Crippen molar-refractivity contribution in [2.75, 3.05) is 5.73 Å².